The molecule has 26 heavy (non-hydrogen) atoms. The molecule has 0 aliphatic rings. The van der Waals surface area contributed by atoms with Crippen molar-refractivity contribution in [3.05, 3.63) is 83.4 Å². The van der Waals surface area contributed by atoms with Gasteiger partial charge in [-0.05, 0) is 46.5 Å². The molecule has 0 fully saturated rings. The van der Waals surface area contributed by atoms with Gasteiger partial charge in [0, 0.05) is 6.42 Å². The van der Waals surface area contributed by atoms with Gasteiger partial charge in [0.05, 0.1) is 12.6 Å². The van der Waals surface area contributed by atoms with Crippen LogP contribution in [0.3, 0.4) is 0 Å². The Morgan fingerprint density at radius 1 is 0.962 bits per heavy atom. The second-order valence-corrected chi connectivity index (χ2v) is 6.16. The molecule has 0 saturated carbocycles. The molecule has 3 aromatic carbocycles. The largest absolute Gasteiger partial charge is 0.394 e. The van der Waals surface area contributed by atoms with Gasteiger partial charge < -0.3 is 10.4 Å². The maximum Gasteiger partial charge on any atom is 0.220 e. The van der Waals surface area contributed by atoms with Crippen LogP contribution < -0.4 is 5.32 Å². The van der Waals surface area contributed by atoms with Gasteiger partial charge in [0.1, 0.15) is 0 Å². The van der Waals surface area contributed by atoms with Crippen molar-refractivity contribution in [3.63, 3.8) is 0 Å². The monoisotopic (exact) mass is 355 g/mol. The molecule has 0 aliphatic carbocycles. The number of aliphatic hydroxyl groups excluding tert-OH is 1. The normalized spacial score (nSPS) is 12.1. The molecule has 0 heterocycles. The van der Waals surface area contributed by atoms with E-state index in [0.29, 0.717) is 12.0 Å². The average molecular weight is 355 g/mol. The summed E-state index contributed by atoms with van der Waals surface area (Å²) >= 11 is 0. The zero-order valence-electron chi connectivity index (χ0n) is 14.1. The minimum absolute atomic E-state index is 0.120. The van der Waals surface area contributed by atoms with Crippen LogP contribution in [0.1, 0.15) is 23.6 Å². The molecule has 0 saturated heterocycles. The first-order valence-electron chi connectivity index (χ1n) is 8.39. The van der Waals surface area contributed by atoms with E-state index in [-0.39, 0.29) is 18.9 Å². The second kappa shape index (κ2) is 8.06. The Morgan fingerprint density at radius 2 is 1.73 bits per heavy atom. The van der Waals surface area contributed by atoms with Crippen molar-refractivity contribution >= 4 is 16.7 Å². The lowest BCUT2D eigenvalue weighted by molar-refractivity contribution is -0.122. The van der Waals surface area contributed by atoms with Crippen LogP contribution in [0, 0.1) is 11.6 Å². The predicted molar refractivity (Wildman–Crippen MR) is 96.6 cm³/mol. The molecule has 5 heteroatoms. The fraction of sp³-hybridized carbons (Fsp3) is 0.190. The van der Waals surface area contributed by atoms with Gasteiger partial charge in [-0.15, -0.1) is 0 Å². The molecular weight excluding hydrogens is 336 g/mol. The van der Waals surface area contributed by atoms with Gasteiger partial charge in [-0.2, -0.15) is 0 Å². The van der Waals surface area contributed by atoms with Crippen LogP contribution >= 0.6 is 0 Å². The fourth-order valence-electron chi connectivity index (χ4n) is 2.88. The number of aryl methyl sites for hydroxylation is 1. The van der Waals surface area contributed by atoms with Gasteiger partial charge >= 0.3 is 0 Å². The number of hydrogen-bond donors (Lipinski definition) is 2. The molecule has 3 rings (SSSR count). The highest BCUT2D eigenvalue weighted by Gasteiger charge is 2.14. The van der Waals surface area contributed by atoms with Crippen LogP contribution in [0.25, 0.3) is 10.8 Å². The number of benzene rings is 3. The third kappa shape index (κ3) is 4.24. The maximum absolute atomic E-state index is 13.2. The molecule has 0 radical (unpaired) electrons. The van der Waals surface area contributed by atoms with Crippen molar-refractivity contribution in [1.82, 2.24) is 5.32 Å². The number of amides is 1. The van der Waals surface area contributed by atoms with E-state index >= 15 is 0 Å². The Morgan fingerprint density at radius 3 is 2.46 bits per heavy atom. The molecule has 3 aromatic rings. The highest BCUT2D eigenvalue weighted by Crippen LogP contribution is 2.20. The Hall–Kier alpha value is -2.79. The lowest BCUT2D eigenvalue weighted by Gasteiger charge is -2.17. The van der Waals surface area contributed by atoms with E-state index < -0.39 is 17.7 Å². The van der Waals surface area contributed by atoms with Crippen molar-refractivity contribution in [1.29, 1.82) is 0 Å². The number of carbonyl (C=O) groups is 1. The van der Waals surface area contributed by atoms with Gasteiger partial charge in [0.25, 0.3) is 0 Å². The smallest absolute Gasteiger partial charge is 0.220 e. The Kier molecular flexibility index (Phi) is 5.58. The molecule has 0 aliphatic heterocycles. The average Bonchev–Trinajstić information content (AvgIpc) is 2.66. The molecule has 3 nitrogen and oxygen atoms in total. The molecule has 1 amide bonds. The summed E-state index contributed by atoms with van der Waals surface area (Å²) in [6.45, 7) is -0.227. The summed E-state index contributed by atoms with van der Waals surface area (Å²) < 4.78 is 26.1. The third-order valence-electron chi connectivity index (χ3n) is 4.32. The number of carbonyl (C=O) groups excluding carboxylic acids is 1. The molecule has 0 bridgehead atoms. The molecule has 1 unspecified atom stereocenters. The number of nitrogens with one attached hydrogen (secondary N) is 1. The van der Waals surface area contributed by atoms with Gasteiger partial charge in [-0.1, -0.05) is 42.5 Å². The summed E-state index contributed by atoms with van der Waals surface area (Å²) in [5.74, 6) is -2.09. The number of aliphatic hydroxyl groups is 1. The predicted octanol–water partition coefficient (Wildman–Crippen LogP) is 3.90. The van der Waals surface area contributed by atoms with E-state index in [0.717, 1.165) is 28.5 Å². The van der Waals surface area contributed by atoms with Gasteiger partial charge in [-0.3, -0.25) is 4.79 Å². The van der Waals surface area contributed by atoms with Gasteiger partial charge in [0.15, 0.2) is 11.6 Å². The van der Waals surface area contributed by atoms with Crippen LogP contribution in [0.5, 0.6) is 0 Å². The van der Waals surface area contributed by atoms with Crippen molar-refractivity contribution in [2.75, 3.05) is 6.61 Å². The number of rotatable bonds is 6. The standard InChI is InChI=1S/C21H19F2NO2/c22-18-9-5-14(11-19(18)23)6-10-21(26)24-20(13-25)17-8-7-15-3-1-2-4-16(15)12-17/h1-5,7-9,11-12,20,25H,6,10,13H2,(H,24,26). The van der Waals surface area contributed by atoms with Crippen molar-refractivity contribution < 1.29 is 18.7 Å². The molecule has 2 N–H and O–H groups in total. The number of halogens is 2. The van der Waals surface area contributed by atoms with Crippen LogP contribution in [0.4, 0.5) is 8.78 Å². The highest BCUT2D eigenvalue weighted by atomic mass is 19.2. The van der Waals surface area contributed by atoms with E-state index in [1.54, 1.807) is 0 Å². The lowest BCUT2D eigenvalue weighted by atomic mass is 10.0. The fourth-order valence-corrected chi connectivity index (χ4v) is 2.88. The summed E-state index contributed by atoms with van der Waals surface area (Å²) in [5, 5.41) is 14.5. The van der Waals surface area contributed by atoms with E-state index in [2.05, 4.69) is 5.32 Å². The van der Waals surface area contributed by atoms with E-state index in [1.807, 2.05) is 42.5 Å². The first-order chi connectivity index (χ1) is 12.6. The Balaban J connectivity index is 1.64. The van der Waals surface area contributed by atoms with Crippen LogP contribution in [0.15, 0.2) is 60.7 Å². The summed E-state index contributed by atoms with van der Waals surface area (Å²) in [6, 6.07) is 16.7. The number of hydrogen-bond acceptors (Lipinski definition) is 2. The maximum atomic E-state index is 13.2. The quantitative estimate of drug-likeness (QED) is 0.705. The zero-order valence-corrected chi connectivity index (χ0v) is 14.1. The van der Waals surface area contributed by atoms with Crippen LogP contribution in [-0.2, 0) is 11.2 Å². The van der Waals surface area contributed by atoms with E-state index in [9.17, 15) is 18.7 Å². The summed E-state index contributed by atoms with van der Waals surface area (Å²) in [7, 11) is 0. The molecule has 0 aromatic heterocycles. The van der Waals surface area contributed by atoms with Gasteiger partial charge in [-0.25, -0.2) is 8.78 Å². The van der Waals surface area contributed by atoms with Crippen molar-refractivity contribution in [2.24, 2.45) is 0 Å². The molecule has 0 spiro atoms. The summed E-state index contributed by atoms with van der Waals surface area (Å²) in [5.41, 5.74) is 1.36. The Labute approximate surface area is 150 Å². The lowest BCUT2D eigenvalue weighted by Crippen LogP contribution is -2.30. The van der Waals surface area contributed by atoms with Crippen LogP contribution in [-0.4, -0.2) is 17.6 Å². The molecule has 1 atom stereocenters. The molecule has 134 valence electrons. The minimum Gasteiger partial charge on any atom is -0.394 e. The van der Waals surface area contributed by atoms with Crippen molar-refractivity contribution in [3.8, 4) is 0 Å². The summed E-state index contributed by atoms with van der Waals surface area (Å²) in [6.07, 6.45) is 0.411. The zero-order chi connectivity index (χ0) is 18.5. The minimum atomic E-state index is -0.924. The van der Waals surface area contributed by atoms with E-state index in [4.69, 9.17) is 0 Å². The third-order valence-corrected chi connectivity index (χ3v) is 4.32. The topological polar surface area (TPSA) is 49.3 Å². The number of fused-ring (bicyclic) bond motifs is 1. The Bertz CT molecular complexity index is 927. The van der Waals surface area contributed by atoms with Gasteiger partial charge in [0.2, 0.25) is 5.91 Å². The highest BCUT2D eigenvalue weighted by molar-refractivity contribution is 5.83. The first kappa shape index (κ1) is 18.0. The molecular formula is C21H19F2NO2. The SMILES string of the molecule is O=C(CCc1ccc(F)c(F)c1)NC(CO)c1ccc2ccccc2c1. The first-order valence-corrected chi connectivity index (χ1v) is 8.39. The van der Waals surface area contributed by atoms with Crippen LogP contribution in [0.2, 0.25) is 0 Å². The summed E-state index contributed by atoms with van der Waals surface area (Å²) in [4.78, 5) is 12.2. The van der Waals surface area contributed by atoms with E-state index in [1.165, 1.54) is 6.07 Å². The van der Waals surface area contributed by atoms with Crippen molar-refractivity contribution in [2.45, 2.75) is 18.9 Å². The second-order valence-electron chi connectivity index (χ2n) is 6.16.